The second kappa shape index (κ2) is 2.94. The average molecular weight is 137 g/mol. The van der Waals surface area contributed by atoms with Crippen molar-refractivity contribution in [2.24, 2.45) is 0 Å². The molecule has 1 aromatic carbocycles. The van der Waals surface area contributed by atoms with Gasteiger partial charge in [0.25, 0.3) is 0 Å². The van der Waals surface area contributed by atoms with Gasteiger partial charge in [0.2, 0.25) is 0 Å². The standard InChI is InChI=1S/C6H5SSi/c8-7-6-4-2-1-3-5-6/h1-5H. The van der Waals surface area contributed by atoms with Gasteiger partial charge in [-0.3, -0.25) is 0 Å². The van der Waals surface area contributed by atoms with Crippen molar-refractivity contribution < 1.29 is 0 Å². The molecule has 0 N–H and O–H groups in total. The van der Waals surface area contributed by atoms with Crippen LogP contribution in [0.2, 0.25) is 0 Å². The van der Waals surface area contributed by atoms with Crippen LogP contribution in [0, 0.1) is 0 Å². The first-order valence-corrected chi connectivity index (χ1v) is 4.36. The molecule has 1 rings (SSSR count). The van der Waals surface area contributed by atoms with Crippen LogP contribution in [0.15, 0.2) is 35.2 Å². The maximum absolute atomic E-state index is 3.32. The van der Waals surface area contributed by atoms with E-state index in [4.69, 9.17) is 0 Å². The lowest BCUT2D eigenvalue weighted by Gasteiger charge is -1.89. The Labute approximate surface area is 56.4 Å². The van der Waals surface area contributed by atoms with Gasteiger partial charge in [-0.2, -0.15) is 11.2 Å². The van der Waals surface area contributed by atoms with Gasteiger partial charge in [-0.1, -0.05) is 18.2 Å². The predicted octanol–water partition coefficient (Wildman–Crippen LogP) is 1.86. The first-order chi connectivity index (χ1) is 3.93. The summed E-state index contributed by atoms with van der Waals surface area (Å²) in [6, 6.07) is 10.1. The number of hydrogen-bond donors (Lipinski definition) is 0. The molecule has 0 spiro atoms. The van der Waals surface area contributed by atoms with Gasteiger partial charge in [0.15, 0.2) is 0 Å². The highest BCUT2D eigenvalue weighted by Gasteiger charge is 1.80. The van der Waals surface area contributed by atoms with E-state index in [0.717, 1.165) is 0 Å². The molecule has 0 aliphatic carbocycles. The third kappa shape index (κ3) is 1.38. The van der Waals surface area contributed by atoms with Crippen molar-refractivity contribution in [1.29, 1.82) is 0 Å². The fraction of sp³-hybridized carbons (Fsp3) is 0. The minimum absolute atomic E-state index is 1.24. The Morgan fingerprint density at radius 1 is 1.12 bits per heavy atom. The van der Waals surface area contributed by atoms with Crippen LogP contribution in [-0.2, 0) is 0 Å². The average Bonchev–Trinajstić information content (AvgIpc) is 1.90. The van der Waals surface area contributed by atoms with Crippen molar-refractivity contribution in [3.8, 4) is 0 Å². The van der Waals surface area contributed by atoms with E-state index < -0.39 is 0 Å². The maximum Gasteiger partial charge on any atom is 0.127 e. The molecule has 0 bridgehead atoms. The quantitative estimate of drug-likeness (QED) is 0.532. The fourth-order valence-electron chi connectivity index (χ4n) is 0.489. The van der Waals surface area contributed by atoms with Crippen molar-refractivity contribution in [2.45, 2.75) is 4.90 Å². The van der Waals surface area contributed by atoms with E-state index in [2.05, 4.69) is 21.5 Å². The number of hydrogen-bond acceptors (Lipinski definition) is 1. The maximum atomic E-state index is 3.32. The molecule has 0 nitrogen and oxygen atoms in total. The van der Waals surface area contributed by atoms with Gasteiger partial charge >= 0.3 is 0 Å². The zero-order chi connectivity index (χ0) is 5.82. The molecule has 39 valence electrons. The normalized spacial score (nSPS) is 9.12. The molecule has 1 aromatic rings. The van der Waals surface area contributed by atoms with Gasteiger partial charge in [-0.05, 0) is 12.1 Å². The van der Waals surface area contributed by atoms with Gasteiger partial charge in [0, 0.05) is 4.90 Å². The van der Waals surface area contributed by atoms with E-state index in [1.165, 1.54) is 4.90 Å². The van der Waals surface area contributed by atoms with E-state index >= 15 is 0 Å². The molecule has 0 heterocycles. The van der Waals surface area contributed by atoms with Crippen LogP contribution in [0.25, 0.3) is 0 Å². The molecule has 0 aliphatic heterocycles. The number of rotatable bonds is 1. The molecule has 0 fully saturated rings. The van der Waals surface area contributed by atoms with Crippen molar-refractivity contribution in [3.05, 3.63) is 30.3 Å². The Hall–Kier alpha value is -0.213. The summed E-state index contributed by atoms with van der Waals surface area (Å²) in [7, 11) is 3.32. The third-order valence-electron chi connectivity index (χ3n) is 0.861. The molecule has 0 saturated heterocycles. The van der Waals surface area contributed by atoms with Crippen molar-refractivity contribution in [1.82, 2.24) is 0 Å². The SMILES string of the molecule is [Si]Sc1ccccc1. The lowest BCUT2D eigenvalue weighted by molar-refractivity contribution is 1.48. The minimum Gasteiger partial charge on any atom is -0.159 e. The summed E-state index contributed by atoms with van der Waals surface area (Å²) in [6.07, 6.45) is 0. The molecule has 0 saturated carbocycles. The molecular formula is C6H5SSi. The molecule has 0 aliphatic rings. The molecule has 0 atom stereocenters. The summed E-state index contributed by atoms with van der Waals surface area (Å²) in [5.74, 6) is 0. The number of benzene rings is 1. The molecule has 0 amide bonds. The van der Waals surface area contributed by atoms with Crippen molar-refractivity contribution >= 4 is 20.6 Å². The van der Waals surface area contributed by atoms with Crippen LogP contribution in [0.4, 0.5) is 0 Å². The fourth-order valence-corrected chi connectivity index (χ4v) is 1.19. The summed E-state index contributed by atoms with van der Waals surface area (Å²) < 4.78 is 0. The third-order valence-corrected chi connectivity index (χ3v) is 2.08. The van der Waals surface area contributed by atoms with Crippen molar-refractivity contribution in [2.75, 3.05) is 0 Å². The van der Waals surface area contributed by atoms with Crippen molar-refractivity contribution in [3.63, 3.8) is 0 Å². The van der Waals surface area contributed by atoms with Gasteiger partial charge in [0.05, 0.1) is 0 Å². The Morgan fingerprint density at radius 2 is 1.75 bits per heavy atom. The van der Waals surface area contributed by atoms with E-state index in [1.54, 1.807) is 11.2 Å². The first kappa shape index (κ1) is 5.92. The van der Waals surface area contributed by atoms with E-state index in [-0.39, 0.29) is 0 Å². The molecule has 0 unspecified atom stereocenters. The largest absolute Gasteiger partial charge is 0.159 e. The molecule has 3 radical (unpaired) electrons. The van der Waals surface area contributed by atoms with Gasteiger partial charge in [0.1, 0.15) is 9.39 Å². The van der Waals surface area contributed by atoms with Gasteiger partial charge in [-0.15, -0.1) is 0 Å². The highest BCUT2D eigenvalue weighted by molar-refractivity contribution is 8.19. The Morgan fingerprint density at radius 3 is 2.12 bits per heavy atom. The molecule has 2 heteroatoms. The van der Waals surface area contributed by atoms with Crippen LogP contribution < -0.4 is 0 Å². The lowest BCUT2D eigenvalue weighted by Crippen LogP contribution is -1.63. The Bertz CT molecular complexity index is 150. The van der Waals surface area contributed by atoms with Crippen LogP contribution in [0.1, 0.15) is 0 Å². The van der Waals surface area contributed by atoms with Crippen LogP contribution >= 0.6 is 11.2 Å². The van der Waals surface area contributed by atoms with Gasteiger partial charge in [-0.25, -0.2) is 0 Å². The summed E-state index contributed by atoms with van der Waals surface area (Å²) in [6.45, 7) is 0. The molecular weight excluding hydrogens is 132 g/mol. The smallest absolute Gasteiger partial charge is 0.127 e. The predicted molar refractivity (Wildman–Crippen MR) is 38.1 cm³/mol. The summed E-state index contributed by atoms with van der Waals surface area (Å²) >= 11 is 1.57. The van der Waals surface area contributed by atoms with E-state index in [1.807, 2.05) is 18.2 Å². The molecule has 0 aromatic heterocycles. The second-order valence-corrected chi connectivity index (χ2v) is 2.70. The highest BCUT2D eigenvalue weighted by atomic mass is 32.4. The first-order valence-electron chi connectivity index (χ1n) is 2.32. The topological polar surface area (TPSA) is 0 Å². The monoisotopic (exact) mass is 137 g/mol. The van der Waals surface area contributed by atoms with Crippen LogP contribution in [-0.4, -0.2) is 9.39 Å². The Kier molecular flexibility index (Phi) is 2.18. The molecule has 8 heavy (non-hydrogen) atoms. The zero-order valence-electron chi connectivity index (χ0n) is 4.29. The van der Waals surface area contributed by atoms with Crippen LogP contribution in [0.3, 0.4) is 0 Å². The lowest BCUT2D eigenvalue weighted by atomic mass is 10.4. The van der Waals surface area contributed by atoms with E-state index in [0.29, 0.717) is 0 Å². The Balaban J connectivity index is 2.83. The minimum atomic E-state index is 1.24. The highest BCUT2D eigenvalue weighted by Crippen LogP contribution is 2.10. The second-order valence-electron chi connectivity index (χ2n) is 1.42. The van der Waals surface area contributed by atoms with Gasteiger partial charge < -0.3 is 0 Å². The van der Waals surface area contributed by atoms with E-state index in [9.17, 15) is 0 Å². The van der Waals surface area contributed by atoms with Crippen LogP contribution in [0.5, 0.6) is 0 Å². The summed E-state index contributed by atoms with van der Waals surface area (Å²) in [5, 5.41) is 0. The summed E-state index contributed by atoms with van der Waals surface area (Å²) in [5.41, 5.74) is 0. The zero-order valence-corrected chi connectivity index (χ0v) is 6.11. The summed E-state index contributed by atoms with van der Waals surface area (Å²) in [4.78, 5) is 1.24.